The molecule has 0 aliphatic carbocycles. The van der Waals surface area contributed by atoms with Crippen molar-refractivity contribution >= 4 is 33.5 Å². The van der Waals surface area contributed by atoms with E-state index < -0.39 is 15.9 Å². The number of carbonyl (C=O) groups is 2. The Morgan fingerprint density at radius 2 is 1.58 bits per heavy atom. The number of rotatable bonds is 5. The molecule has 124 valence electrons. The van der Waals surface area contributed by atoms with Gasteiger partial charge in [0.25, 0.3) is 5.91 Å². The molecule has 0 saturated heterocycles. The molecule has 24 heavy (non-hydrogen) atoms. The van der Waals surface area contributed by atoms with Gasteiger partial charge in [0, 0.05) is 5.69 Å². The number of sulfonamides is 1. The summed E-state index contributed by atoms with van der Waals surface area (Å²) in [6.45, 7) is 1.30. The standard InChI is InChI=1S/C17H16N2O4S/c1-12(20)16(11-13-5-3-2-4-6-13)17(21)19-14-7-9-15(10-8-14)24(18,22)23/h2-11H,1H3,(H,19,21)(H2,18,22,23)/b16-11-. The lowest BCUT2D eigenvalue weighted by Gasteiger charge is -2.07. The summed E-state index contributed by atoms with van der Waals surface area (Å²) in [6, 6.07) is 14.3. The van der Waals surface area contributed by atoms with Crippen molar-refractivity contribution in [2.75, 3.05) is 5.32 Å². The van der Waals surface area contributed by atoms with E-state index in [1.54, 1.807) is 24.3 Å². The lowest BCUT2D eigenvalue weighted by Crippen LogP contribution is -2.19. The Kier molecular flexibility index (Phi) is 5.28. The van der Waals surface area contributed by atoms with E-state index in [1.165, 1.54) is 37.3 Å². The molecule has 3 N–H and O–H groups in total. The number of carbonyl (C=O) groups excluding carboxylic acids is 2. The summed E-state index contributed by atoms with van der Waals surface area (Å²) >= 11 is 0. The average molecular weight is 344 g/mol. The highest BCUT2D eigenvalue weighted by molar-refractivity contribution is 7.89. The molecule has 0 saturated carbocycles. The zero-order chi connectivity index (χ0) is 17.7. The zero-order valence-corrected chi connectivity index (χ0v) is 13.7. The fourth-order valence-corrected chi connectivity index (χ4v) is 2.48. The third-order valence-electron chi connectivity index (χ3n) is 3.18. The minimum absolute atomic E-state index is 0.00303. The molecule has 6 nitrogen and oxygen atoms in total. The van der Waals surface area contributed by atoms with Crippen LogP contribution in [0.15, 0.2) is 65.1 Å². The van der Waals surface area contributed by atoms with E-state index in [1.807, 2.05) is 6.07 Å². The highest BCUT2D eigenvalue weighted by atomic mass is 32.2. The van der Waals surface area contributed by atoms with E-state index in [-0.39, 0.29) is 16.3 Å². The first kappa shape index (κ1) is 17.6. The van der Waals surface area contributed by atoms with Crippen LogP contribution in [0.3, 0.4) is 0 Å². The first-order valence-electron chi connectivity index (χ1n) is 6.99. The van der Waals surface area contributed by atoms with Gasteiger partial charge in [-0.15, -0.1) is 0 Å². The van der Waals surface area contributed by atoms with Crippen LogP contribution in [0.5, 0.6) is 0 Å². The normalized spacial score (nSPS) is 11.8. The van der Waals surface area contributed by atoms with Gasteiger partial charge in [-0.05, 0) is 42.8 Å². The number of primary sulfonamides is 1. The molecule has 0 atom stereocenters. The second-order valence-electron chi connectivity index (χ2n) is 5.05. The van der Waals surface area contributed by atoms with Crippen LogP contribution >= 0.6 is 0 Å². The van der Waals surface area contributed by atoms with Crippen LogP contribution in [0.2, 0.25) is 0 Å². The molecule has 2 aromatic carbocycles. The number of ketones is 1. The molecule has 7 heteroatoms. The lowest BCUT2D eigenvalue weighted by atomic mass is 10.1. The molecule has 2 rings (SSSR count). The third-order valence-corrected chi connectivity index (χ3v) is 4.10. The molecule has 0 aliphatic heterocycles. The Labute approximate surface area is 140 Å². The van der Waals surface area contributed by atoms with Crippen LogP contribution in [0, 0.1) is 0 Å². The number of nitrogens with one attached hydrogen (secondary N) is 1. The maximum Gasteiger partial charge on any atom is 0.259 e. The fraction of sp³-hybridized carbons (Fsp3) is 0.0588. The number of anilines is 1. The topological polar surface area (TPSA) is 106 Å². The molecule has 0 spiro atoms. The van der Waals surface area contributed by atoms with Crippen LogP contribution in [-0.4, -0.2) is 20.1 Å². The Hall–Kier alpha value is -2.77. The second kappa shape index (κ2) is 7.20. The smallest absolute Gasteiger partial charge is 0.259 e. The van der Waals surface area contributed by atoms with E-state index >= 15 is 0 Å². The largest absolute Gasteiger partial charge is 0.322 e. The number of amides is 1. The van der Waals surface area contributed by atoms with Crippen molar-refractivity contribution < 1.29 is 18.0 Å². The van der Waals surface area contributed by atoms with E-state index in [0.717, 1.165) is 5.56 Å². The first-order valence-corrected chi connectivity index (χ1v) is 8.54. The summed E-state index contributed by atoms with van der Waals surface area (Å²) in [6.07, 6.45) is 1.50. The van der Waals surface area contributed by atoms with E-state index in [0.29, 0.717) is 5.69 Å². The van der Waals surface area contributed by atoms with Crippen molar-refractivity contribution in [1.82, 2.24) is 0 Å². The van der Waals surface area contributed by atoms with Crippen molar-refractivity contribution in [1.29, 1.82) is 0 Å². The Bertz CT molecular complexity index is 886. The van der Waals surface area contributed by atoms with Crippen LogP contribution in [0.1, 0.15) is 12.5 Å². The van der Waals surface area contributed by atoms with Crippen molar-refractivity contribution in [3.8, 4) is 0 Å². The van der Waals surface area contributed by atoms with Crippen LogP contribution in [0.25, 0.3) is 6.08 Å². The summed E-state index contributed by atoms with van der Waals surface area (Å²) in [5, 5.41) is 7.57. The second-order valence-corrected chi connectivity index (χ2v) is 6.61. The Morgan fingerprint density at radius 1 is 1.00 bits per heavy atom. The van der Waals surface area contributed by atoms with Crippen LogP contribution in [0.4, 0.5) is 5.69 Å². The predicted octanol–water partition coefficient (Wildman–Crippen LogP) is 1.95. The van der Waals surface area contributed by atoms with Gasteiger partial charge in [-0.3, -0.25) is 9.59 Å². The monoisotopic (exact) mass is 344 g/mol. The quantitative estimate of drug-likeness (QED) is 0.491. The maximum absolute atomic E-state index is 12.3. The summed E-state index contributed by atoms with van der Waals surface area (Å²) in [5.41, 5.74) is 1.08. The molecule has 2 aromatic rings. The predicted molar refractivity (Wildman–Crippen MR) is 91.5 cm³/mol. The van der Waals surface area contributed by atoms with E-state index in [4.69, 9.17) is 5.14 Å². The van der Waals surface area contributed by atoms with Crippen molar-refractivity contribution in [3.05, 3.63) is 65.7 Å². The molecule has 0 aromatic heterocycles. The molecular formula is C17H16N2O4S. The van der Waals surface area contributed by atoms with Crippen LogP contribution < -0.4 is 10.5 Å². The highest BCUT2D eigenvalue weighted by Gasteiger charge is 2.15. The highest BCUT2D eigenvalue weighted by Crippen LogP contribution is 2.15. The van der Waals surface area contributed by atoms with Crippen molar-refractivity contribution in [3.63, 3.8) is 0 Å². The summed E-state index contributed by atoms with van der Waals surface area (Å²) in [4.78, 5) is 24.0. The molecule has 0 aliphatic rings. The fourth-order valence-electron chi connectivity index (χ4n) is 1.97. The zero-order valence-electron chi connectivity index (χ0n) is 12.9. The summed E-state index contributed by atoms with van der Waals surface area (Å²) < 4.78 is 22.4. The molecule has 1 amide bonds. The number of Topliss-reactive ketones (excluding diaryl/α,β-unsaturated/α-hetero) is 1. The van der Waals surface area contributed by atoms with E-state index in [9.17, 15) is 18.0 Å². The molecule has 0 unspecified atom stereocenters. The maximum atomic E-state index is 12.3. The molecule has 0 radical (unpaired) electrons. The first-order chi connectivity index (χ1) is 11.3. The molecule has 0 heterocycles. The van der Waals surface area contributed by atoms with Crippen molar-refractivity contribution in [2.45, 2.75) is 11.8 Å². The van der Waals surface area contributed by atoms with Gasteiger partial charge < -0.3 is 5.32 Å². The van der Waals surface area contributed by atoms with Gasteiger partial charge in [0.1, 0.15) is 0 Å². The van der Waals surface area contributed by atoms with Gasteiger partial charge in [0.05, 0.1) is 10.5 Å². The van der Waals surface area contributed by atoms with Gasteiger partial charge >= 0.3 is 0 Å². The van der Waals surface area contributed by atoms with E-state index in [2.05, 4.69) is 5.32 Å². The molecule has 0 bridgehead atoms. The van der Waals surface area contributed by atoms with Gasteiger partial charge in [-0.25, -0.2) is 13.6 Å². The summed E-state index contributed by atoms with van der Waals surface area (Å²) in [7, 11) is -3.80. The summed E-state index contributed by atoms with van der Waals surface area (Å²) in [5.74, 6) is -0.952. The van der Waals surface area contributed by atoms with Crippen molar-refractivity contribution in [2.24, 2.45) is 5.14 Å². The Balaban J connectivity index is 2.23. The minimum Gasteiger partial charge on any atom is -0.322 e. The number of hydrogen-bond acceptors (Lipinski definition) is 4. The SMILES string of the molecule is CC(=O)/C(=C/c1ccccc1)C(=O)Nc1ccc(S(N)(=O)=O)cc1. The molecule has 0 fully saturated rings. The lowest BCUT2D eigenvalue weighted by molar-refractivity contribution is -0.118. The molecular weight excluding hydrogens is 328 g/mol. The third kappa shape index (κ3) is 4.61. The van der Waals surface area contributed by atoms with Gasteiger partial charge in [0.2, 0.25) is 10.0 Å². The van der Waals surface area contributed by atoms with Gasteiger partial charge in [0.15, 0.2) is 5.78 Å². The number of benzene rings is 2. The number of hydrogen-bond donors (Lipinski definition) is 2. The Morgan fingerprint density at radius 3 is 2.08 bits per heavy atom. The number of nitrogens with two attached hydrogens (primary N) is 1. The van der Waals surface area contributed by atoms with Gasteiger partial charge in [-0.2, -0.15) is 0 Å². The minimum atomic E-state index is -3.80. The average Bonchev–Trinajstić information content (AvgIpc) is 2.53. The van der Waals surface area contributed by atoms with Gasteiger partial charge in [-0.1, -0.05) is 30.3 Å². The van der Waals surface area contributed by atoms with Crippen LogP contribution in [-0.2, 0) is 19.6 Å².